The number of piperazine rings is 1. The number of carboxylic acids is 1. The van der Waals surface area contributed by atoms with Gasteiger partial charge in [0.25, 0.3) is 0 Å². The summed E-state index contributed by atoms with van der Waals surface area (Å²) in [5.41, 5.74) is 0.0806. The van der Waals surface area contributed by atoms with Crippen LogP contribution in [-0.2, 0) is 14.4 Å². The Morgan fingerprint density at radius 3 is 2.70 bits per heavy atom. The number of aliphatic hydroxyl groups is 1. The van der Waals surface area contributed by atoms with Crippen LogP contribution in [0.4, 0.5) is 0 Å². The van der Waals surface area contributed by atoms with Crippen molar-refractivity contribution in [3.63, 3.8) is 0 Å². The Kier molecular flexibility index (Phi) is 5.86. The predicted molar refractivity (Wildman–Crippen MR) is 111 cm³/mol. The van der Waals surface area contributed by atoms with Gasteiger partial charge >= 0.3 is 5.97 Å². The van der Waals surface area contributed by atoms with Crippen LogP contribution >= 0.6 is 11.8 Å². The van der Waals surface area contributed by atoms with Crippen LogP contribution in [0.3, 0.4) is 0 Å². The van der Waals surface area contributed by atoms with Crippen LogP contribution in [0.15, 0.2) is 10.6 Å². The van der Waals surface area contributed by atoms with E-state index in [0.717, 1.165) is 31.0 Å². The number of carbonyl (C=O) groups is 3. The SMILES string of the molecule is C[C@@H](O)[C@H]1C(=O)N2C(C(=O)O)=C(S[C@@H]3CN[C@H](CN4CCN(C)CC4=O)C3)[C@H](C)[C@H]12. The molecule has 9 nitrogen and oxygen atoms in total. The van der Waals surface area contributed by atoms with Crippen LogP contribution in [0.1, 0.15) is 20.3 Å². The van der Waals surface area contributed by atoms with Crippen LogP contribution in [0, 0.1) is 11.8 Å². The van der Waals surface area contributed by atoms with E-state index in [4.69, 9.17) is 0 Å². The number of hydrogen-bond donors (Lipinski definition) is 3. The van der Waals surface area contributed by atoms with Gasteiger partial charge in [-0.25, -0.2) is 4.79 Å². The highest BCUT2D eigenvalue weighted by Crippen LogP contribution is 2.51. The number of hydrogen-bond acceptors (Lipinski definition) is 7. The summed E-state index contributed by atoms with van der Waals surface area (Å²) < 4.78 is 0. The second-order valence-electron chi connectivity index (χ2n) is 8.93. The number of nitrogens with one attached hydrogen (secondary N) is 1. The molecule has 3 fully saturated rings. The van der Waals surface area contributed by atoms with Gasteiger partial charge in [0.1, 0.15) is 5.70 Å². The highest BCUT2D eigenvalue weighted by atomic mass is 32.2. The summed E-state index contributed by atoms with van der Waals surface area (Å²) in [6.07, 6.45) is 0.0468. The second-order valence-corrected chi connectivity index (χ2v) is 10.3. The first kappa shape index (κ1) is 21.6. The van der Waals surface area contributed by atoms with Crippen LogP contribution in [0.25, 0.3) is 0 Å². The summed E-state index contributed by atoms with van der Waals surface area (Å²) in [4.78, 5) is 42.7. The topological polar surface area (TPSA) is 113 Å². The fourth-order valence-electron chi connectivity index (χ4n) is 5.15. The zero-order valence-electron chi connectivity index (χ0n) is 17.6. The number of fused-ring (bicyclic) bond motifs is 1. The maximum atomic E-state index is 12.5. The number of carboxylic acid groups (broad SMARTS) is 1. The Morgan fingerprint density at radius 2 is 2.07 bits per heavy atom. The molecule has 0 bridgehead atoms. The number of likely N-dealkylation sites (N-methyl/N-ethyl adjacent to an activating group) is 1. The minimum Gasteiger partial charge on any atom is -0.477 e. The number of carbonyl (C=O) groups excluding carboxylic acids is 2. The molecule has 0 aromatic carbocycles. The van der Waals surface area contributed by atoms with E-state index >= 15 is 0 Å². The van der Waals surface area contributed by atoms with E-state index in [2.05, 4.69) is 5.32 Å². The lowest BCUT2D eigenvalue weighted by Gasteiger charge is -2.46. The van der Waals surface area contributed by atoms with Crippen molar-refractivity contribution in [2.75, 3.05) is 39.8 Å². The maximum absolute atomic E-state index is 12.5. The van der Waals surface area contributed by atoms with Gasteiger partial charge in [-0.15, -0.1) is 11.8 Å². The highest BCUT2D eigenvalue weighted by Gasteiger charge is 2.60. The first-order chi connectivity index (χ1) is 14.2. The number of aliphatic hydroxyl groups excluding tert-OH is 1. The molecule has 3 saturated heterocycles. The molecular formula is C20H30N4O5S. The van der Waals surface area contributed by atoms with E-state index in [1.165, 1.54) is 16.7 Å². The summed E-state index contributed by atoms with van der Waals surface area (Å²) in [6, 6.07) is -0.0939. The Morgan fingerprint density at radius 1 is 1.33 bits per heavy atom. The third-order valence-corrected chi connectivity index (χ3v) is 8.25. The molecular weight excluding hydrogens is 408 g/mol. The van der Waals surface area contributed by atoms with Crippen molar-refractivity contribution in [1.82, 2.24) is 20.0 Å². The van der Waals surface area contributed by atoms with E-state index in [1.54, 1.807) is 6.92 Å². The van der Waals surface area contributed by atoms with Gasteiger partial charge in [0.15, 0.2) is 0 Å². The second kappa shape index (κ2) is 8.14. The molecule has 4 heterocycles. The fourth-order valence-corrected chi connectivity index (χ4v) is 6.67. The lowest BCUT2D eigenvalue weighted by Crippen LogP contribution is -2.63. The van der Waals surface area contributed by atoms with Crippen LogP contribution < -0.4 is 5.32 Å². The lowest BCUT2D eigenvalue weighted by atomic mass is 9.79. The van der Waals surface area contributed by atoms with Crippen LogP contribution in [0.5, 0.6) is 0 Å². The summed E-state index contributed by atoms with van der Waals surface area (Å²) in [5.74, 6) is -1.89. The number of thioether (sulfide) groups is 1. The molecule has 10 heteroatoms. The molecule has 3 N–H and O–H groups in total. The number of nitrogens with zero attached hydrogens (tertiary/aromatic N) is 3. The minimum absolute atomic E-state index is 0.0806. The molecule has 0 unspecified atom stereocenters. The number of amides is 2. The summed E-state index contributed by atoms with van der Waals surface area (Å²) in [6.45, 7) is 6.99. The average Bonchev–Trinajstić information content (AvgIpc) is 3.19. The Labute approximate surface area is 180 Å². The van der Waals surface area contributed by atoms with Gasteiger partial charge in [-0.05, 0) is 20.4 Å². The smallest absolute Gasteiger partial charge is 0.353 e. The largest absolute Gasteiger partial charge is 0.477 e. The van der Waals surface area contributed by atoms with Crippen LogP contribution in [-0.4, -0.2) is 106 Å². The van der Waals surface area contributed by atoms with E-state index in [1.807, 2.05) is 23.8 Å². The van der Waals surface area contributed by atoms with Crippen molar-refractivity contribution in [3.8, 4) is 0 Å². The quantitative estimate of drug-likeness (QED) is 0.470. The van der Waals surface area contributed by atoms with Crippen molar-refractivity contribution in [1.29, 1.82) is 0 Å². The molecule has 166 valence electrons. The lowest BCUT2D eigenvalue weighted by molar-refractivity contribution is -0.163. The summed E-state index contributed by atoms with van der Waals surface area (Å²) in [7, 11) is 1.95. The van der Waals surface area contributed by atoms with Gasteiger partial charge in [-0.3, -0.25) is 14.5 Å². The van der Waals surface area contributed by atoms with Gasteiger partial charge < -0.3 is 25.3 Å². The first-order valence-corrected chi connectivity index (χ1v) is 11.4. The standard InChI is InChI=1S/C20H30N4O5S/c1-10-16-15(11(2)25)19(27)24(16)17(20(28)29)18(10)30-13-6-12(21-7-13)8-23-5-4-22(3)9-14(23)26/h10-13,15-16,21,25H,4-9H2,1-3H3,(H,28,29)/t10-,11-,12+,13+,15-,16-/m1/s1. The van der Waals surface area contributed by atoms with Gasteiger partial charge in [0, 0.05) is 48.3 Å². The van der Waals surface area contributed by atoms with Gasteiger partial charge in [-0.2, -0.15) is 0 Å². The normalized spacial score (nSPS) is 35.7. The van der Waals surface area contributed by atoms with E-state index < -0.39 is 18.0 Å². The van der Waals surface area contributed by atoms with E-state index in [9.17, 15) is 24.6 Å². The highest BCUT2D eigenvalue weighted by molar-refractivity contribution is 8.03. The predicted octanol–water partition coefficient (Wildman–Crippen LogP) is -0.622. The van der Waals surface area contributed by atoms with Crippen molar-refractivity contribution in [2.45, 2.75) is 43.7 Å². The molecule has 2 amide bonds. The van der Waals surface area contributed by atoms with Crippen molar-refractivity contribution < 1.29 is 24.6 Å². The minimum atomic E-state index is -1.09. The molecule has 0 radical (unpaired) electrons. The molecule has 0 saturated carbocycles. The Balaban J connectivity index is 1.41. The van der Waals surface area contributed by atoms with Gasteiger partial charge in [0.05, 0.1) is 24.6 Å². The monoisotopic (exact) mass is 438 g/mol. The van der Waals surface area contributed by atoms with Crippen molar-refractivity contribution in [2.24, 2.45) is 11.8 Å². The van der Waals surface area contributed by atoms with Crippen molar-refractivity contribution >= 4 is 29.5 Å². The third-order valence-electron chi connectivity index (χ3n) is 6.74. The van der Waals surface area contributed by atoms with Crippen molar-refractivity contribution in [3.05, 3.63) is 10.6 Å². The zero-order valence-corrected chi connectivity index (χ0v) is 18.4. The van der Waals surface area contributed by atoms with E-state index in [-0.39, 0.29) is 40.8 Å². The molecule has 4 rings (SSSR count). The molecule has 0 aromatic heterocycles. The molecule has 30 heavy (non-hydrogen) atoms. The molecule has 4 aliphatic heterocycles. The summed E-state index contributed by atoms with van der Waals surface area (Å²) >= 11 is 1.54. The van der Waals surface area contributed by atoms with Gasteiger partial charge in [-0.1, -0.05) is 6.92 Å². The number of rotatable bonds is 6. The third kappa shape index (κ3) is 3.63. The Hall–Kier alpha value is -1.62. The molecule has 0 aromatic rings. The molecule has 0 aliphatic carbocycles. The Bertz CT molecular complexity index is 787. The summed E-state index contributed by atoms with van der Waals surface area (Å²) in [5, 5.41) is 23.4. The average molecular weight is 439 g/mol. The molecule has 6 atom stereocenters. The number of β-lactam (4-membered cyclic amide) rings is 1. The molecule has 0 spiro atoms. The molecule has 4 aliphatic rings. The van der Waals surface area contributed by atoms with E-state index in [0.29, 0.717) is 13.1 Å². The zero-order chi connectivity index (χ0) is 21.7. The maximum Gasteiger partial charge on any atom is 0.353 e. The fraction of sp³-hybridized carbons (Fsp3) is 0.750. The van der Waals surface area contributed by atoms with Gasteiger partial charge in [0.2, 0.25) is 11.8 Å². The number of aliphatic carboxylic acids is 1. The van der Waals surface area contributed by atoms with Crippen LogP contribution in [0.2, 0.25) is 0 Å². The first-order valence-electron chi connectivity index (χ1n) is 10.5.